The standard InChI is InChI=1S/C24H36N4O3/c1-24(2,3)28(23(29)30)16-7-6-15-26-20-9-8-10-21(22(20)25)27(4)17-18-11-13-19(31-5)14-12-18/h8-14,26H,6-7,15-17,25H2,1-5H3,(H,29,30). The SMILES string of the molecule is COc1ccc(CN(C)c2cccc(NCCCCN(C(=O)O)C(C)(C)C)c2N)cc1. The number of para-hydroxylation sites is 1. The largest absolute Gasteiger partial charge is 0.497 e. The highest BCUT2D eigenvalue weighted by molar-refractivity contribution is 5.80. The summed E-state index contributed by atoms with van der Waals surface area (Å²) in [6.07, 6.45) is 0.760. The molecule has 2 aromatic carbocycles. The van der Waals surface area contributed by atoms with Crippen molar-refractivity contribution in [1.82, 2.24) is 4.90 Å². The highest BCUT2D eigenvalue weighted by Gasteiger charge is 2.25. The lowest BCUT2D eigenvalue weighted by Gasteiger charge is -2.33. The second kappa shape index (κ2) is 10.8. The van der Waals surface area contributed by atoms with Crippen LogP contribution in [0.5, 0.6) is 5.75 Å². The summed E-state index contributed by atoms with van der Waals surface area (Å²) in [5.74, 6) is 0.839. The number of rotatable bonds is 10. The fourth-order valence-corrected chi connectivity index (χ4v) is 3.47. The molecule has 170 valence electrons. The van der Waals surface area contributed by atoms with E-state index in [0.29, 0.717) is 12.2 Å². The zero-order valence-electron chi connectivity index (χ0n) is 19.3. The summed E-state index contributed by atoms with van der Waals surface area (Å²) in [6, 6.07) is 14.0. The molecule has 4 N–H and O–H groups in total. The highest BCUT2D eigenvalue weighted by atomic mass is 16.5. The van der Waals surface area contributed by atoms with E-state index in [0.717, 1.165) is 43.1 Å². The van der Waals surface area contributed by atoms with Crippen LogP contribution in [-0.2, 0) is 6.54 Å². The molecular weight excluding hydrogens is 392 g/mol. The Hall–Kier alpha value is -3.09. The van der Waals surface area contributed by atoms with Crippen molar-refractivity contribution in [2.24, 2.45) is 0 Å². The first kappa shape index (κ1) is 24.2. The fraction of sp³-hybridized carbons (Fsp3) is 0.458. The van der Waals surface area contributed by atoms with E-state index < -0.39 is 11.6 Å². The minimum Gasteiger partial charge on any atom is -0.497 e. The lowest BCUT2D eigenvalue weighted by Crippen LogP contribution is -2.45. The van der Waals surface area contributed by atoms with Crippen molar-refractivity contribution < 1.29 is 14.6 Å². The number of benzene rings is 2. The van der Waals surface area contributed by atoms with Crippen molar-refractivity contribution in [2.75, 3.05) is 43.2 Å². The number of unbranched alkanes of at least 4 members (excludes halogenated alkanes) is 1. The van der Waals surface area contributed by atoms with Gasteiger partial charge in [-0.15, -0.1) is 0 Å². The van der Waals surface area contributed by atoms with Crippen molar-refractivity contribution in [3.63, 3.8) is 0 Å². The van der Waals surface area contributed by atoms with E-state index in [1.165, 1.54) is 10.5 Å². The molecule has 0 saturated heterocycles. The molecule has 2 aromatic rings. The molecule has 0 bridgehead atoms. The van der Waals surface area contributed by atoms with E-state index in [-0.39, 0.29) is 0 Å². The second-order valence-corrected chi connectivity index (χ2v) is 8.68. The zero-order chi connectivity index (χ0) is 23.0. The Bertz CT molecular complexity index is 847. The van der Waals surface area contributed by atoms with Crippen molar-refractivity contribution >= 4 is 23.2 Å². The summed E-state index contributed by atoms with van der Waals surface area (Å²) in [5.41, 5.74) is 9.77. The lowest BCUT2D eigenvalue weighted by molar-refractivity contribution is 0.0993. The third kappa shape index (κ3) is 6.98. The van der Waals surface area contributed by atoms with Crippen LogP contribution in [0, 0.1) is 0 Å². The molecule has 0 unspecified atom stereocenters. The number of nitrogen functional groups attached to an aromatic ring is 1. The van der Waals surface area contributed by atoms with E-state index >= 15 is 0 Å². The molecule has 7 heteroatoms. The predicted octanol–water partition coefficient (Wildman–Crippen LogP) is 4.88. The molecule has 0 saturated carbocycles. The van der Waals surface area contributed by atoms with E-state index in [1.807, 2.05) is 70.3 Å². The van der Waals surface area contributed by atoms with Crippen LogP contribution < -0.4 is 20.7 Å². The highest BCUT2D eigenvalue weighted by Crippen LogP contribution is 2.31. The molecule has 31 heavy (non-hydrogen) atoms. The quantitative estimate of drug-likeness (QED) is 0.369. The Morgan fingerprint density at radius 2 is 1.81 bits per heavy atom. The smallest absolute Gasteiger partial charge is 0.407 e. The molecule has 0 fully saturated rings. The monoisotopic (exact) mass is 428 g/mol. The summed E-state index contributed by atoms with van der Waals surface area (Å²) in [4.78, 5) is 15.0. The van der Waals surface area contributed by atoms with Crippen LogP contribution in [0.1, 0.15) is 39.2 Å². The molecule has 0 spiro atoms. The number of nitrogens with two attached hydrogens (primary N) is 1. The third-order valence-corrected chi connectivity index (χ3v) is 5.24. The molecule has 0 atom stereocenters. The average Bonchev–Trinajstić information content (AvgIpc) is 2.70. The van der Waals surface area contributed by atoms with Crippen LogP contribution in [0.15, 0.2) is 42.5 Å². The number of ether oxygens (including phenoxy) is 1. The number of anilines is 3. The number of carbonyl (C=O) groups is 1. The van der Waals surface area contributed by atoms with Crippen molar-refractivity contribution in [2.45, 2.75) is 45.7 Å². The molecule has 0 aliphatic carbocycles. The van der Waals surface area contributed by atoms with Crippen molar-refractivity contribution in [1.29, 1.82) is 0 Å². The van der Waals surface area contributed by atoms with E-state index in [9.17, 15) is 9.90 Å². The number of hydrogen-bond donors (Lipinski definition) is 3. The van der Waals surface area contributed by atoms with Gasteiger partial charge in [0.1, 0.15) is 5.75 Å². The normalized spacial score (nSPS) is 11.1. The number of carboxylic acid groups (broad SMARTS) is 1. The van der Waals surface area contributed by atoms with Gasteiger partial charge in [0.05, 0.1) is 24.2 Å². The van der Waals surface area contributed by atoms with Crippen molar-refractivity contribution in [3.05, 3.63) is 48.0 Å². The minimum absolute atomic E-state index is 0.396. The van der Waals surface area contributed by atoms with Crippen LogP contribution in [0.25, 0.3) is 0 Å². The van der Waals surface area contributed by atoms with Crippen molar-refractivity contribution in [3.8, 4) is 5.75 Å². The lowest BCUT2D eigenvalue weighted by atomic mass is 10.1. The molecule has 2 rings (SSSR count). The zero-order valence-corrected chi connectivity index (χ0v) is 19.3. The Labute approximate surface area is 185 Å². The van der Waals surface area contributed by atoms with Crippen LogP contribution in [-0.4, -0.2) is 48.9 Å². The second-order valence-electron chi connectivity index (χ2n) is 8.68. The maximum Gasteiger partial charge on any atom is 0.407 e. The molecular formula is C24H36N4O3. The predicted molar refractivity (Wildman–Crippen MR) is 128 cm³/mol. The van der Waals surface area contributed by atoms with Gasteiger partial charge in [0.25, 0.3) is 0 Å². The van der Waals surface area contributed by atoms with Gasteiger partial charge in [0.2, 0.25) is 0 Å². The van der Waals surface area contributed by atoms with E-state index in [2.05, 4.69) is 10.2 Å². The molecule has 0 radical (unpaired) electrons. The van der Waals surface area contributed by atoms with E-state index in [4.69, 9.17) is 10.5 Å². The Morgan fingerprint density at radius 1 is 1.13 bits per heavy atom. The van der Waals surface area contributed by atoms with Gasteiger partial charge in [-0.05, 0) is 63.4 Å². The Balaban J connectivity index is 1.90. The number of nitrogens with one attached hydrogen (secondary N) is 1. The maximum absolute atomic E-state index is 11.4. The average molecular weight is 429 g/mol. The number of hydrogen-bond acceptors (Lipinski definition) is 5. The molecule has 7 nitrogen and oxygen atoms in total. The number of amides is 1. The summed E-state index contributed by atoms with van der Waals surface area (Å²) in [7, 11) is 3.68. The van der Waals surface area contributed by atoms with Gasteiger partial charge in [-0.3, -0.25) is 0 Å². The summed E-state index contributed by atoms with van der Waals surface area (Å²) in [6.45, 7) is 7.71. The summed E-state index contributed by atoms with van der Waals surface area (Å²) < 4.78 is 5.22. The number of methoxy groups -OCH3 is 1. The fourth-order valence-electron chi connectivity index (χ4n) is 3.47. The van der Waals surface area contributed by atoms with Gasteiger partial charge in [0.15, 0.2) is 0 Å². The van der Waals surface area contributed by atoms with Gasteiger partial charge in [0, 0.05) is 32.2 Å². The van der Waals surface area contributed by atoms with Crippen LogP contribution in [0.3, 0.4) is 0 Å². The van der Waals surface area contributed by atoms with Crippen LogP contribution in [0.2, 0.25) is 0 Å². The Kier molecular flexibility index (Phi) is 8.42. The molecule has 0 aliphatic heterocycles. The Morgan fingerprint density at radius 3 is 2.39 bits per heavy atom. The first-order chi connectivity index (χ1) is 14.6. The molecule has 0 aromatic heterocycles. The van der Waals surface area contributed by atoms with Gasteiger partial charge in [-0.1, -0.05) is 18.2 Å². The van der Waals surface area contributed by atoms with Gasteiger partial charge in [-0.2, -0.15) is 0 Å². The van der Waals surface area contributed by atoms with Crippen LogP contribution >= 0.6 is 0 Å². The minimum atomic E-state index is -0.877. The molecule has 0 heterocycles. The first-order valence-corrected chi connectivity index (χ1v) is 10.6. The topological polar surface area (TPSA) is 91.1 Å². The van der Waals surface area contributed by atoms with Crippen LogP contribution in [0.4, 0.5) is 21.9 Å². The number of nitrogens with zero attached hydrogens (tertiary/aromatic N) is 2. The van der Waals surface area contributed by atoms with Gasteiger partial charge >= 0.3 is 6.09 Å². The first-order valence-electron chi connectivity index (χ1n) is 10.6. The third-order valence-electron chi connectivity index (χ3n) is 5.24. The maximum atomic E-state index is 11.4. The summed E-state index contributed by atoms with van der Waals surface area (Å²) >= 11 is 0. The van der Waals surface area contributed by atoms with Gasteiger partial charge in [-0.25, -0.2) is 4.79 Å². The molecule has 1 amide bonds. The van der Waals surface area contributed by atoms with Gasteiger partial charge < -0.3 is 30.7 Å². The summed E-state index contributed by atoms with van der Waals surface area (Å²) in [5, 5.41) is 12.8. The molecule has 0 aliphatic rings. The van der Waals surface area contributed by atoms with E-state index in [1.54, 1.807) is 7.11 Å².